The smallest absolute Gasteiger partial charge is 0.0718 e. The van der Waals surface area contributed by atoms with Crippen molar-refractivity contribution in [2.45, 2.75) is 0 Å². The first-order valence-corrected chi connectivity index (χ1v) is 8.43. The van der Waals surface area contributed by atoms with Crippen molar-refractivity contribution in [1.29, 1.82) is 0 Å². The van der Waals surface area contributed by atoms with E-state index in [9.17, 15) is 0 Å². The van der Waals surface area contributed by atoms with Gasteiger partial charge >= 0.3 is 0 Å². The monoisotopic (exact) mass is 308 g/mol. The van der Waals surface area contributed by atoms with Gasteiger partial charge in [-0.2, -0.15) is 0 Å². The molecule has 0 atom stereocenters. The minimum absolute atomic E-state index is 1.03. The van der Waals surface area contributed by atoms with E-state index >= 15 is 0 Å². The van der Waals surface area contributed by atoms with Gasteiger partial charge in [0.25, 0.3) is 0 Å². The van der Waals surface area contributed by atoms with Crippen LogP contribution in [0, 0.1) is 0 Å². The Kier molecular flexibility index (Phi) is 4.18. The van der Waals surface area contributed by atoms with E-state index in [0.717, 1.165) is 46.2 Å². The second-order valence-electron chi connectivity index (χ2n) is 6.41. The van der Waals surface area contributed by atoms with Crippen LogP contribution in [0.25, 0.3) is 0 Å². The van der Waals surface area contributed by atoms with Gasteiger partial charge in [-0.3, -0.25) is 9.80 Å². The van der Waals surface area contributed by atoms with E-state index in [1.165, 1.54) is 11.4 Å². The molecule has 0 aliphatic carbocycles. The van der Waals surface area contributed by atoms with E-state index < -0.39 is 0 Å². The van der Waals surface area contributed by atoms with Gasteiger partial charge in [-0.15, -0.1) is 0 Å². The SMILES string of the molecule is c1ccc(N2CCN(CN3CCN(c4ccccc4)C3)C2)cc1. The molecule has 23 heavy (non-hydrogen) atoms. The molecule has 0 radical (unpaired) electrons. The average Bonchev–Trinajstić information content (AvgIpc) is 3.27. The summed E-state index contributed by atoms with van der Waals surface area (Å²) in [6.45, 7) is 7.68. The van der Waals surface area contributed by atoms with Gasteiger partial charge in [0, 0.05) is 37.6 Å². The molecule has 0 N–H and O–H groups in total. The van der Waals surface area contributed by atoms with Gasteiger partial charge in [-0.1, -0.05) is 36.4 Å². The molecule has 0 unspecified atom stereocenters. The first kappa shape index (κ1) is 14.5. The molecule has 2 saturated heterocycles. The van der Waals surface area contributed by atoms with Gasteiger partial charge in [0.1, 0.15) is 0 Å². The van der Waals surface area contributed by atoms with Gasteiger partial charge in [-0.05, 0) is 24.3 Å². The molecular formula is C19H24N4. The van der Waals surface area contributed by atoms with Crippen LogP contribution in [0.15, 0.2) is 60.7 Å². The summed E-state index contributed by atoms with van der Waals surface area (Å²) < 4.78 is 0. The maximum atomic E-state index is 2.54. The fourth-order valence-electron chi connectivity index (χ4n) is 3.50. The highest BCUT2D eigenvalue weighted by molar-refractivity contribution is 5.47. The average molecular weight is 308 g/mol. The molecule has 2 aromatic rings. The number of anilines is 2. The standard InChI is InChI=1S/C19H24N4/c1-3-7-18(8-4-1)22-13-11-20(16-22)15-21-12-14-23(17-21)19-9-5-2-6-10-19/h1-10H,11-17H2. The zero-order chi connectivity index (χ0) is 15.5. The van der Waals surface area contributed by atoms with Crippen molar-refractivity contribution in [1.82, 2.24) is 9.80 Å². The van der Waals surface area contributed by atoms with Gasteiger partial charge in [0.15, 0.2) is 0 Å². The number of benzene rings is 2. The van der Waals surface area contributed by atoms with Crippen molar-refractivity contribution in [2.75, 3.05) is 56.0 Å². The largest absolute Gasteiger partial charge is 0.357 e. The van der Waals surface area contributed by atoms with E-state index in [1.807, 2.05) is 0 Å². The van der Waals surface area contributed by atoms with Crippen LogP contribution >= 0.6 is 0 Å². The Labute approximate surface area is 138 Å². The van der Waals surface area contributed by atoms with Crippen molar-refractivity contribution in [2.24, 2.45) is 0 Å². The highest BCUT2D eigenvalue weighted by Crippen LogP contribution is 2.20. The van der Waals surface area contributed by atoms with E-state index in [-0.39, 0.29) is 0 Å². The van der Waals surface area contributed by atoms with Crippen LogP contribution in [0.4, 0.5) is 11.4 Å². The maximum absolute atomic E-state index is 2.54. The molecule has 4 rings (SSSR count). The molecule has 2 fully saturated rings. The molecule has 0 bridgehead atoms. The molecule has 0 aromatic heterocycles. The number of nitrogens with zero attached hydrogens (tertiary/aromatic N) is 4. The van der Waals surface area contributed by atoms with Crippen molar-refractivity contribution < 1.29 is 0 Å². The van der Waals surface area contributed by atoms with Gasteiger partial charge in [0.05, 0.1) is 20.0 Å². The lowest BCUT2D eigenvalue weighted by molar-refractivity contribution is 0.184. The Morgan fingerprint density at radius 2 is 1.00 bits per heavy atom. The third-order valence-electron chi connectivity index (χ3n) is 4.76. The highest BCUT2D eigenvalue weighted by Gasteiger charge is 2.25. The molecule has 0 saturated carbocycles. The predicted molar refractivity (Wildman–Crippen MR) is 95.6 cm³/mol. The summed E-state index contributed by atoms with van der Waals surface area (Å²) in [6.07, 6.45) is 0. The maximum Gasteiger partial charge on any atom is 0.0718 e. The zero-order valence-corrected chi connectivity index (χ0v) is 13.5. The van der Waals surface area contributed by atoms with Gasteiger partial charge < -0.3 is 9.80 Å². The fourth-order valence-corrected chi connectivity index (χ4v) is 3.50. The normalized spacial score (nSPS) is 19.7. The Hall–Kier alpha value is -2.04. The summed E-state index contributed by atoms with van der Waals surface area (Å²) in [4.78, 5) is 10.0. The van der Waals surface area contributed by atoms with Crippen molar-refractivity contribution >= 4 is 11.4 Å². The molecule has 2 aromatic carbocycles. The summed E-state index contributed by atoms with van der Waals surface area (Å²) >= 11 is 0. The van der Waals surface area contributed by atoms with Crippen LogP contribution in [0.3, 0.4) is 0 Å². The Bertz CT molecular complexity index is 560. The van der Waals surface area contributed by atoms with Gasteiger partial charge in [0.2, 0.25) is 0 Å². The van der Waals surface area contributed by atoms with Crippen molar-refractivity contribution in [3.8, 4) is 0 Å². The van der Waals surface area contributed by atoms with E-state index in [1.54, 1.807) is 0 Å². The molecule has 4 heteroatoms. The Morgan fingerprint density at radius 1 is 0.565 bits per heavy atom. The lowest BCUT2D eigenvalue weighted by Gasteiger charge is -2.25. The van der Waals surface area contributed by atoms with Crippen LogP contribution < -0.4 is 9.80 Å². The third-order valence-corrected chi connectivity index (χ3v) is 4.76. The fraction of sp³-hybridized carbons (Fsp3) is 0.368. The molecule has 4 nitrogen and oxygen atoms in total. The van der Waals surface area contributed by atoms with E-state index in [0.29, 0.717) is 0 Å². The molecule has 2 heterocycles. The van der Waals surface area contributed by atoms with Gasteiger partial charge in [-0.25, -0.2) is 0 Å². The van der Waals surface area contributed by atoms with E-state index in [2.05, 4.69) is 80.3 Å². The van der Waals surface area contributed by atoms with Crippen LogP contribution in [0.2, 0.25) is 0 Å². The summed E-state index contributed by atoms with van der Waals surface area (Å²) in [6, 6.07) is 21.5. The minimum atomic E-state index is 1.03. The molecule has 0 spiro atoms. The first-order chi connectivity index (χ1) is 11.4. The van der Waals surface area contributed by atoms with Crippen LogP contribution in [-0.4, -0.2) is 56.0 Å². The lowest BCUT2D eigenvalue weighted by atomic mass is 10.3. The third kappa shape index (κ3) is 3.33. The molecular weight excluding hydrogens is 284 g/mol. The molecule has 0 amide bonds. The number of hydrogen-bond donors (Lipinski definition) is 0. The van der Waals surface area contributed by atoms with Crippen molar-refractivity contribution in [3.05, 3.63) is 60.7 Å². The van der Waals surface area contributed by atoms with Crippen LogP contribution in [-0.2, 0) is 0 Å². The summed E-state index contributed by atoms with van der Waals surface area (Å²) in [5.41, 5.74) is 2.67. The number of rotatable bonds is 4. The Morgan fingerprint density at radius 3 is 1.43 bits per heavy atom. The topological polar surface area (TPSA) is 13.0 Å². The summed E-state index contributed by atoms with van der Waals surface area (Å²) in [7, 11) is 0. The Balaban J connectivity index is 1.30. The second-order valence-corrected chi connectivity index (χ2v) is 6.41. The predicted octanol–water partition coefficient (Wildman–Crippen LogP) is 2.50. The number of para-hydroxylation sites is 2. The first-order valence-electron chi connectivity index (χ1n) is 8.43. The highest BCUT2D eigenvalue weighted by atomic mass is 15.5. The number of hydrogen-bond acceptors (Lipinski definition) is 4. The zero-order valence-electron chi connectivity index (χ0n) is 13.5. The lowest BCUT2D eigenvalue weighted by Crippen LogP contribution is -2.37. The van der Waals surface area contributed by atoms with Crippen LogP contribution in [0.1, 0.15) is 0 Å². The van der Waals surface area contributed by atoms with Crippen LogP contribution in [0.5, 0.6) is 0 Å². The summed E-state index contributed by atoms with van der Waals surface area (Å²) in [5.74, 6) is 0. The van der Waals surface area contributed by atoms with E-state index in [4.69, 9.17) is 0 Å². The minimum Gasteiger partial charge on any atom is -0.357 e. The quantitative estimate of drug-likeness (QED) is 0.860. The molecule has 2 aliphatic heterocycles. The summed E-state index contributed by atoms with van der Waals surface area (Å²) in [5, 5.41) is 0. The van der Waals surface area contributed by atoms with Crippen molar-refractivity contribution in [3.63, 3.8) is 0 Å². The molecule has 120 valence electrons. The second kappa shape index (κ2) is 6.60. The molecule has 2 aliphatic rings.